The van der Waals surface area contributed by atoms with Crippen molar-refractivity contribution in [2.24, 2.45) is 0 Å². The molecule has 0 amide bonds. The molecule has 0 spiro atoms. The zero-order chi connectivity index (χ0) is 12.2. The topological polar surface area (TPSA) is 24.1 Å². The van der Waals surface area contributed by atoms with Crippen molar-refractivity contribution in [2.75, 3.05) is 20.1 Å². The van der Waals surface area contributed by atoms with Gasteiger partial charge in [-0.05, 0) is 25.6 Å². The van der Waals surface area contributed by atoms with Crippen LogP contribution in [0.4, 0.5) is 0 Å². The molecule has 1 rings (SSSR count). The molecule has 1 atom stereocenters. The minimum absolute atomic E-state index is 0.535. The molecule has 16 heavy (non-hydrogen) atoms. The first kappa shape index (κ1) is 14.9. The summed E-state index contributed by atoms with van der Waals surface area (Å²) in [7, 11) is 2.00. The van der Waals surface area contributed by atoms with E-state index in [2.05, 4.69) is 61.0 Å². The Morgan fingerprint density at radius 2 is 1.81 bits per heavy atom. The summed E-state index contributed by atoms with van der Waals surface area (Å²) in [5, 5.41) is 6.68. The van der Waals surface area contributed by atoms with Crippen LogP contribution in [0.15, 0.2) is 43.5 Å². The predicted octanol–water partition coefficient (Wildman–Crippen LogP) is 2.23. The van der Waals surface area contributed by atoms with E-state index in [1.165, 1.54) is 5.56 Å². The van der Waals surface area contributed by atoms with Gasteiger partial charge in [0.05, 0.1) is 0 Å². The Kier molecular flexibility index (Phi) is 9.67. The quantitative estimate of drug-likeness (QED) is 0.718. The van der Waals surface area contributed by atoms with Gasteiger partial charge in [0.2, 0.25) is 0 Å². The van der Waals surface area contributed by atoms with Crippen molar-refractivity contribution in [3.8, 4) is 0 Å². The Morgan fingerprint density at radius 3 is 2.31 bits per heavy atom. The number of likely N-dealkylation sites (N-methyl/N-ethyl adjacent to an activating group) is 2. The lowest BCUT2D eigenvalue weighted by Gasteiger charge is -2.17. The molecule has 0 unspecified atom stereocenters. The van der Waals surface area contributed by atoms with Crippen molar-refractivity contribution < 1.29 is 0 Å². The zero-order valence-electron chi connectivity index (χ0n) is 10.5. The second-order valence-electron chi connectivity index (χ2n) is 3.50. The molecule has 0 heterocycles. The van der Waals surface area contributed by atoms with E-state index in [-0.39, 0.29) is 0 Å². The normalized spacial score (nSPS) is 11.4. The number of benzene rings is 1. The average Bonchev–Trinajstić information content (AvgIpc) is 2.34. The van der Waals surface area contributed by atoms with Crippen LogP contribution in [0.2, 0.25) is 0 Å². The Bertz CT molecular complexity index is 240. The van der Waals surface area contributed by atoms with Crippen molar-refractivity contribution in [3.63, 3.8) is 0 Å². The lowest BCUT2D eigenvalue weighted by Crippen LogP contribution is -2.38. The molecule has 0 saturated carbocycles. The first-order valence-corrected chi connectivity index (χ1v) is 5.78. The molecule has 2 heteroatoms. The van der Waals surface area contributed by atoms with Gasteiger partial charge in [0.15, 0.2) is 0 Å². The number of hydrogen-bond acceptors (Lipinski definition) is 2. The predicted molar refractivity (Wildman–Crippen MR) is 72.8 cm³/mol. The smallest absolute Gasteiger partial charge is 0.0232 e. The maximum Gasteiger partial charge on any atom is 0.0232 e. The standard InChI is InChI=1S/C12H20N2.C2H4/c1-3-14-12(10-13-2)9-11-7-5-4-6-8-11;1-2/h4-8,12-14H,3,9-10H2,1-2H3;1-2H2/t12-;/m0./s1. The minimum atomic E-state index is 0.535. The molecular weight excluding hydrogens is 196 g/mol. The molecule has 0 fully saturated rings. The Hall–Kier alpha value is -1.12. The average molecular weight is 220 g/mol. The largest absolute Gasteiger partial charge is 0.318 e. The van der Waals surface area contributed by atoms with Crippen LogP contribution in [0.25, 0.3) is 0 Å². The fourth-order valence-corrected chi connectivity index (χ4v) is 1.65. The summed E-state index contributed by atoms with van der Waals surface area (Å²) in [5.41, 5.74) is 1.40. The van der Waals surface area contributed by atoms with Gasteiger partial charge in [0.25, 0.3) is 0 Å². The van der Waals surface area contributed by atoms with Gasteiger partial charge in [-0.1, -0.05) is 37.3 Å². The highest BCUT2D eigenvalue weighted by Gasteiger charge is 2.05. The molecule has 0 aliphatic heterocycles. The van der Waals surface area contributed by atoms with Crippen LogP contribution < -0.4 is 10.6 Å². The highest BCUT2D eigenvalue weighted by Crippen LogP contribution is 2.02. The highest BCUT2D eigenvalue weighted by molar-refractivity contribution is 5.15. The van der Waals surface area contributed by atoms with Gasteiger partial charge in [-0.2, -0.15) is 0 Å². The molecule has 2 N–H and O–H groups in total. The molecule has 1 aromatic rings. The molecule has 1 aromatic carbocycles. The molecular formula is C14H24N2. The highest BCUT2D eigenvalue weighted by atomic mass is 15.0. The second kappa shape index (κ2) is 10.4. The fourth-order valence-electron chi connectivity index (χ4n) is 1.65. The summed E-state index contributed by atoms with van der Waals surface area (Å²) in [6.07, 6.45) is 1.09. The van der Waals surface area contributed by atoms with Gasteiger partial charge in [-0.25, -0.2) is 0 Å². The maximum atomic E-state index is 3.47. The first-order chi connectivity index (χ1) is 7.86. The second-order valence-corrected chi connectivity index (χ2v) is 3.50. The van der Waals surface area contributed by atoms with Gasteiger partial charge in [-0.3, -0.25) is 0 Å². The van der Waals surface area contributed by atoms with E-state index in [1.54, 1.807) is 0 Å². The molecule has 0 saturated heterocycles. The lowest BCUT2D eigenvalue weighted by atomic mass is 10.1. The summed E-state index contributed by atoms with van der Waals surface area (Å²) in [6.45, 7) is 10.2. The van der Waals surface area contributed by atoms with Crippen LogP contribution in [0, 0.1) is 0 Å². The van der Waals surface area contributed by atoms with Crippen LogP contribution in [-0.4, -0.2) is 26.2 Å². The maximum absolute atomic E-state index is 3.47. The summed E-state index contributed by atoms with van der Waals surface area (Å²) >= 11 is 0. The van der Waals surface area contributed by atoms with Gasteiger partial charge in [-0.15, -0.1) is 13.2 Å². The van der Waals surface area contributed by atoms with E-state index in [1.807, 2.05) is 7.05 Å². The van der Waals surface area contributed by atoms with Gasteiger partial charge in [0.1, 0.15) is 0 Å². The van der Waals surface area contributed by atoms with Crippen molar-refractivity contribution in [1.29, 1.82) is 0 Å². The van der Waals surface area contributed by atoms with Gasteiger partial charge >= 0.3 is 0 Å². The van der Waals surface area contributed by atoms with Crippen LogP contribution in [0.5, 0.6) is 0 Å². The number of rotatable bonds is 6. The van der Waals surface area contributed by atoms with Crippen molar-refractivity contribution in [1.82, 2.24) is 10.6 Å². The van der Waals surface area contributed by atoms with Crippen molar-refractivity contribution >= 4 is 0 Å². The molecule has 0 bridgehead atoms. The Labute approximate surface area is 99.8 Å². The van der Waals surface area contributed by atoms with E-state index >= 15 is 0 Å². The van der Waals surface area contributed by atoms with E-state index in [0.29, 0.717) is 6.04 Å². The molecule has 0 aliphatic carbocycles. The first-order valence-electron chi connectivity index (χ1n) is 5.78. The van der Waals surface area contributed by atoms with Crippen LogP contribution in [-0.2, 0) is 6.42 Å². The summed E-state index contributed by atoms with van der Waals surface area (Å²) in [6, 6.07) is 11.1. The van der Waals surface area contributed by atoms with Crippen molar-refractivity contribution in [3.05, 3.63) is 49.1 Å². The zero-order valence-corrected chi connectivity index (χ0v) is 10.5. The summed E-state index contributed by atoms with van der Waals surface area (Å²) in [5.74, 6) is 0. The molecule has 90 valence electrons. The monoisotopic (exact) mass is 220 g/mol. The van der Waals surface area contributed by atoms with Gasteiger partial charge in [0, 0.05) is 12.6 Å². The third kappa shape index (κ3) is 6.38. The molecule has 2 nitrogen and oxygen atoms in total. The fraction of sp³-hybridized carbons (Fsp3) is 0.429. The third-order valence-corrected chi connectivity index (χ3v) is 2.27. The van der Waals surface area contributed by atoms with Gasteiger partial charge < -0.3 is 10.6 Å². The van der Waals surface area contributed by atoms with E-state index in [9.17, 15) is 0 Å². The van der Waals surface area contributed by atoms with Crippen LogP contribution in [0.3, 0.4) is 0 Å². The summed E-state index contributed by atoms with van der Waals surface area (Å²) < 4.78 is 0. The van der Waals surface area contributed by atoms with E-state index in [4.69, 9.17) is 0 Å². The van der Waals surface area contributed by atoms with E-state index in [0.717, 1.165) is 19.5 Å². The molecule has 0 aromatic heterocycles. The third-order valence-electron chi connectivity index (χ3n) is 2.27. The van der Waals surface area contributed by atoms with E-state index < -0.39 is 0 Å². The Morgan fingerprint density at radius 1 is 1.19 bits per heavy atom. The SMILES string of the molecule is C=C.CCN[C@H](CNC)Cc1ccccc1. The van der Waals surface area contributed by atoms with Crippen LogP contribution in [0.1, 0.15) is 12.5 Å². The molecule has 0 radical (unpaired) electrons. The lowest BCUT2D eigenvalue weighted by molar-refractivity contribution is 0.501. The minimum Gasteiger partial charge on any atom is -0.318 e. The van der Waals surface area contributed by atoms with Crippen molar-refractivity contribution in [2.45, 2.75) is 19.4 Å². The summed E-state index contributed by atoms with van der Waals surface area (Å²) in [4.78, 5) is 0. The Balaban J connectivity index is 0.00000106. The van der Waals surface area contributed by atoms with Crippen LogP contribution >= 0.6 is 0 Å². The molecule has 0 aliphatic rings. The number of nitrogens with one attached hydrogen (secondary N) is 2. The number of hydrogen-bond donors (Lipinski definition) is 2.